The van der Waals surface area contributed by atoms with Crippen LogP contribution in [0.1, 0.15) is 12.6 Å². The number of H-pyrrole nitrogens is 1. The minimum Gasteiger partial charge on any atom is -0.497 e. The molecule has 104 valence electrons. The molecule has 3 rings (SSSR count). The Bertz CT molecular complexity index is 827. The molecule has 0 aliphatic carbocycles. The van der Waals surface area contributed by atoms with Crippen LogP contribution >= 0.6 is 12.2 Å². The summed E-state index contributed by atoms with van der Waals surface area (Å²) < 4.78 is 9.75. The molecule has 2 aromatic heterocycles. The Labute approximate surface area is 121 Å². The summed E-state index contributed by atoms with van der Waals surface area (Å²) in [6, 6.07) is 5.89. The maximum absolute atomic E-state index is 5.46. The zero-order valence-corrected chi connectivity index (χ0v) is 12.5. The predicted octanol–water partition coefficient (Wildman–Crippen LogP) is 2.99. The first-order valence-electron chi connectivity index (χ1n) is 6.45. The van der Waals surface area contributed by atoms with Gasteiger partial charge < -0.3 is 9.72 Å². The van der Waals surface area contributed by atoms with Crippen molar-refractivity contribution in [3.63, 3.8) is 0 Å². The zero-order valence-electron chi connectivity index (χ0n) is 11.7. The summed E-state index contributed by atoms with van der Waals surface area (Å²) in [7, 11) is 3.58. The predicted molar refractivity (Wildman–Crippen MR) is 81.2 cm³/mol. The van der Waals surface area contributed by atoms with Gasteiger partial charge in [0.2, 0.25) is 0 Å². The fourth-order valence-electron chi connectivity index (χ4n) is 2.42. The second-order valence-corrected chi connectivity index (χ2v) is 5.02. The Morgan fingerprint density at radius 3 is 2.90 bits per heavy atom. The lowest BCUT2D eigenvalue weighted by molar-refractivity contribution is 0.415. The SMILES string of the molecule is CCc1nn(C)cc1-n1c(=S)[nH]c2cc(OC)ccc21. The van der Waals surface area contributed by atoms with Gasteiger partial charge >= 0.3 is 0 Å². The van der Waals surface area contributed by atoms with Crippen molar-refractivity contribution in [2.45, 2.75) is 13.3 Å². The third-order valence-corrected chi connectivity index (χ3v) is 3.63. The van der Waals surface area contributed by atoms with E-state index in [0.29, 0.717) is 4.77 Å². The summed E-state index contributed by atoms with van der Waals surface area (Å²) in [5, 5.41) is 4.48. The van der Waals surface area contributed by atoms with Crippen LogP contribution in [0.25, 0.3) is 16.7 Å². The van der Waals surface area contributed by atoms with E-state index in [1.54, 1.807) is 7.11 Å². The van der Waals surface area contributed by atoms with Gasteiger partial charge in [-0.25, -0.2) is 0 Å². The Hall–Kier alpha value is -2.08. The van der Waals surface area contributed by atoms with Crippen molar-refractivity contribution in [3.8, 4) is 11.4 Å². The second-order valence-electron chi connectivity index (χ2n) is 4.64. The smallest absolute Gasteiger partial charge is 0.182 e. The molecular weight excluding hydrogens is 272 g/mol. The van der Waals surface area contributed by atoms with E-state index in [4.69, 9.17) is 17.0 Å². The molecule has 0 atom stereocenters. The lowest BCUT2D eigenvalue weighted by Gasteiger charge is -2.04. The Kier molecular flexibility index (Phi) is 3.10. The van der Waals surface area contributed by atoms with Gasteiger partial charge in [0.1, 0.15) is 5.75 Å². The molecule has 0 radical (unpaired) electrons. The van der Waals surface area contributed by atoms with Crippen molar-refractivity contribution in [1.82, 2.24) is 19.3 Å². The van der Waals surface area contributed by atoms with Crippen molar-refractivity contribution in [2.75, 3.05) is 7.11 Å². The number of nitrogens with one attached hydrogen (secondary N) is 1. The van der Waals surface area contributed by atoms with Crippen LogP contribution in [0.5, 0.6) is 5.75 Å². The molecule has 0 aliphatic rings. The normalized spacial score (nSPS) is 11.2. The van der Waals surface area contributed by atoms with Gasteiger partial charge in [0.05, 0.1) is 29.5 Å². The van der Waals surface area contributed by atoms with E-state index in [0.717, 1.165) is 34.6 Å². The van der Waals surface area contributed by atoms with Gasteiger partial charge in [-0.1, -0.05) is 6.92 Å². The van der Waals surface area contributed by atoms with Gasteiger partial charge in [-0.3, -0.25) is 9.25 Å². The summed E-state index contributed by atoms with van der Waals surface area (Å²) in [6.07, 6.45) is 2.85. The molecule has 0 saturated heterocycles. The minimum atomic E-state index is 0.663. The van der Waals surface area contributed by atoms with Crippen molar-refractivity contribution in [1.29, 1.82) is 0 Å². The number of rotatable bonds is 3. The molecule has 0 amide bonds. The summed E-state index contributed by atoms with van der Waals surface area (Å²) in [5.41, 5.74) is 4.04. The highest BCUT2D eigenvalue weighted by atomic mass is 32.1. The summed E-state index contributed by atoms with van der Waals surface area (Å²) in [6.45, 7) is 2.09. The van der Waals surface area contributed by atoms with Crippen molar-refractivity contribution in [3.05, 3.63) is 34.9 Å². The fourth-order valence-corrected chi connectivity index (χ4v) is 2.72. The number of aromatic amines is 1. The molecule has 6 heteroatoms. The quantitative estimate of drug-likeness (QED) is 0.754. The number of aryl methyl sites for hydroxylation is 2. The zero-order chi connectivity index (χ0) is 14.3. The highest BCUT2D eigenvalue weighted by Crippen LogP contribution is 2.25. The van der Waals surface area contributed by atoms with E-state index in [1.807, 2.05) is 40.7 Å². The molecule has 2 heterocycles. The van der Waals surface area contributed by atoms with E-state index in [9.17, 15) is 0 Å². The number of aromatic nitrogens is 4. The van der Waals surface area contributed by atoms with Gasteiger partial charge in [0, 0.05) is 19.3 Å². The van der Waals surface area contributed by atoms with E-state index in [2.05, 4.69) is 17.0 Å². The number of benzene rings is 1. The van der Waals surface area contributed by atoms with Crippen LogP contribution < -0.4 is 4.74 Å². The van der Waals surface area contributed by atoms with E-state index < -0.39 is 0 Å². The largest absolute Gasteiger partial charge is 0.497 e. The number of hydrogen-bond acceptors (Lipinski definition) is 3. The number of imidazole rings is 1. The number of methoxy groups -OCH3 is 1. The molecule has 1 aromatic carbocycles. The maximum atomic E-state index is 5.46. The van der Waals surface area contributed by atoms with Crippen LogP contribution in [0.3, 0.4) is 0 Å². The topological polar surface area (TPSA) is 47.8 Å². The van der Waals surface area contributed by atoms with Crippen LogP contribution in [0.4, 0.5) is 0 Å². The van der Waals surface area contributed by atoms with Gasteiger partial charge in [-0.15, -0.1) is 0 Å². The van der Waals surface area contributed by atoms with Crippen LogP contribution in [0, 0.1) is 4.77 Å². The summed E-state index contributed by atoms with van der Waals surface area (Å²) in [4.78, 5) is 3.22. The highest BCUT2D eigenvalue weighted by Gasteiger charge is 2.13. The number of nitrogens with zero attached hydrogens (tertiary/aromatic N) is 3. The monoisotopic (exact) mass is 288 g/mol. The number of hydrogen-bond donors (Lipinski definition) is 1. The Morgan fingerprint density at radius 2 is 2.20 bits per heavy atom. The number of fused-ring (bicyclic) bond motifs is 1. The van der Waals surface area contributed by atoms with Crippen molar-refractivity contribution in [2.24, 2.45) is 7.05 Å². The molecule has 0 unspecified atom stereocenters. The standard InChI is InChI=1S/C14H16N4OS/c1-4-10-13(8-17(2)16-10)18-12-6-5-9(19-3)7-11(12)15-14(18)20/h5-8H,4H2,1-3H3,(H,15,20). The number of ether oxygens (including phenoxy) is 1. The average Bonchev–Trinajstić information content (AvgIpc) is 2.96. The molecule has 3 aromatic rings. The Balaban J connectivity index is 2.30. The average molecular weight is 288 g/mol. The van der Waals surface area contributed by atoms with Crippen molar-refractivity contribution >= 4 is 23.3 Å². The summed E-state index contributed by atoms with van der Waals surface area (Å²) in [5.74, 6) is 0.808. The molecule has 20 heavy (non-hydrogen) atoms. The molecular formula is C14H16N4OS. The molecule has 5 nitrogen and oxygen atoms in total. The van der Waals surface area contributed by atoms with Gasteiger partial charge in [-0.05, 0) is 30.8 Å². The molecule has 0 bridgehead atoms. The minimum absolute atomic E-state index is 0.663. The molecule has 0 saturated carbocycles. The van der Waals surface area contributed by atoms with E-state index >= 15 is 0 Å². The first-order valence-corrected chi connectivity index (χ1v) is 6.86. The Morgan fingerprint density at radius 1 is 1.40 bits per heavy atom. The van der Waals surface area contributed by atoms with E-state index in [1.165, 1.54) is 0 Å². The molecule has 0 aliphatic heterocycles. The van der Waals surface area contributed by atoms with Crippen LogP contribution in [0.15, 0.2) is 24.4 Å². The molecule has 0 fully saturated rings. The first-order chi connectivity index (χ1) is 9.63. The van der Waals surface area contributed by atoms with Crippen molar-refractivity contribution < 1.29 is 4.74 Å². The maximum Gasteiger partial charge on any atom is 0.182 e. The van der Waals surface area contributed by atoms with Gasteiger partial charge in [0.25, 0.3) is 0 Å². The highest BCUT2D eigenvalue weighted by molar-refractivity contribution is 7.71. The second kappa shape index (κ2) is 4.79. The van der Waals surface area contributed by atoms with Gasteiger partial charge in [0.15, 0.2) is 4.77 Å². The first kappa shape index (κ1) is 12.9. The third kappa shape index (κ3) is 1.92. The van der Waals surface area contributed by atoms with Crippen LogP contribution in [-0.4, -0.2) is 26.4 Å². The fraction of sp³-hybridized carbons (Fsp3) is 0.286. The molecule has 0 spiro atoms. The van der Waals surface area contributed by atoms with Crippen LogP contribution in [-0.2, 0) is 13.5 Å². The molecule has 1 N–H and O–H groups in total. The summed E-state index contributed by atoms with van der Waals surface area (Å²) >= 11 is 5.46. The lowest BCUT2D eigenvalue weighted by atomic mass is 10.2. The third-order valence-electron chi connectivity index (χ3n) is 3.35. The van der Waals surface area contributed by atoms with E-state index in [-0.39, 0.29) is 0 Å². The lowest BCUT2D eigenvalue weighted by Crippen LogP contribution is -1.96. The van der Waals surface area contributed by atoms with Gasteiger partial charge in [-0.2, -0.15) is 5.10 Å². The van der Waals surface area contributed by atoms with Crippen LogP contribution in [0.2, 0.25) is 0 Å².